The number of rotatable bonds is 14. The van der Waals surface area contributed by atoms with Crippen LogP contribution in [0.25, 0.3) is 11.1 Å². The molecule has 1 amide bonds. The molecule has 0 spiro atoms. The molecular formula is C30H35NO7S. The van der Waals surface area contributed by atoms with Gasteiger partial charge in [0.05, 0.1) is 19.0 Å². The normalized spacial score (nSPS) is 13.0. The minimum Gasteiger partial charge on any atom is -0.480 e. The van der Waals surface area contributed by atoms with Gasteiger partial charge in [-0.15, -0.1) is 0 Å². The van der Waals surface area contributed by atoms with Gasteiger partial charge in [0.1, 0.15) is 22.0 Å². The smallest absolute Gasteiger partial charge is 0.326 e. The molecule has 3 aromatic rings. The number of carbonyl (C=O) groups excluding carboxylic acids is 1. The first-order valence-electron chi connectivity index (χ1n) is 12.7. The number of hydrogen-bond acceptors (Lipinski definition) is 6. The summed E-state index contributed by atoms with van der Waals surface area (Å²) in [6.07, 6.45) is 0.524. The van der Waals surface area contributed by atoms with Crippen molar-refractivity contribution in [3.63, 3.8) is 0 Å². The van der Waals surface area contributed by atoms with Crippen LogP contribution in [0.5, 0.6) is 0 Å². The zero-order chi connectivity index (χ0) is 28.4. The van der Waals surface area contributed by atoms with Crippen molar-refractivity contribution in [1.82, 2.24) is 5.32 Å². The van der Waals surface area contributed by atoms with Crippen LogP contribution < -0.4 is 5.32 Å². The van der Waals surface area contributed by atoms with Gasteiger partial charge in [-0.05, 0) is 60.2 Å². The van der Waals surface area contributed by atoms with Crippen LogP contribution in [0.1, 0.15) is 46.5 Å². The second kappa shape index (κ2) is 14.0. The van der Waals surface area contributed by atoms with Crippen LogP contribution in [-0.2, 0) is 30.7 Å². The lowest BCUT2D eigenvalue weighted by atomic mass is 9.93. The molecule has 8 nitrogen and oxygen atoms in total. The zero-order valence-electron chi connectivity index (χ0n) is 22.4. The van der Waals surface area contributed by atoms with Gasteiger partial charge in [0.2, 0.25) is 0 Å². The van der Waals surface area contributed by atoms with Crippen LogP contribution in [0.4, 0.5) is 0 Å². The molecule has 3 rings (SSSR count). The van der Waals surface area contributed by atoms with Crippen molar-refractivity contribution in [1.29, 1.82) is 0 Å². The molecule has 0 aromatic heterocycles. The van der Waals surface area contributed by atoms with E-state index in [2.05, 4.69) is 5.32 Å². The van der Waals surface area contributed by atoms with E-state index < -0.39 is 27.8 Å². The Balaban J connectivity index is 1.90. The molecule has 0 fully saturated rings. The highest BCUT2D eigenvalue weighted by molar-refractivity contribution is 7.90. The highest BCUT2D eigenvalue weighted by Crippen LogP contribution is 2.29. The first-order valence-corrected chi connectivity index (χ1v) is 14.8. The largest absolute Gasteiger partial charge is 0.480 e. The number of hydrogen-bond donors (Lipinski definition) is 2. The summed E-state index contributed by atoms with van der Waals surface area (Å²) in [5, 5.41) is 12.1. The third-order valence-electron chi connectivity index (χ3n) is 6.24. The number of carboxylic acid groups (broad SMARTS) is 1. The average molecular weight is 554 g/mol. The summed E-state index contributed by atoms with van der Waals surface area (Å²) in [5.74, 6) is -2.24. The van der Waals surface area contributed by atoms with Crippen molar-refractivity contribution in [2.75, 3.05) is 25.2 Å². The third kappa shape index (κ3) is 9.02. The summed E-state index contributed by atoms with van der Waals surface area (Å²) < 4.78 is 35.0. The minimum atomic E-state index is -3.39. The second-order valence-corrected chi connectivity index (χ2v) is 11.6. The molecule has 9 heteroatoms. The second-order valence-electron chi connectivity index (χ2n) is 9.35. The van der Waals surface area contributed by atoms with Crippen molar-refractivity contribution < 1.29 is 32.6 Å². The van der Waals surface area contributed by atoms with Crippen molar-refractivity contribution >= 4 is 21.7 Å². The summed E-state index contributed by atoms with van der Waals surface area (Å²) in [7, 11) is -3.39. The Labute approximate surface area is 229 Å². The van der Waals surface area contributed by atoms with Gasteiger partial charge in [0.15, 0.2) is 0 Å². The summed E-state index contributed by atoms with van der Waals surface area (Å²) in [6, 6.07) is 21.3. The van der Waals surface area contributed by atoms with E-state index in [9.17, 15) is 23.1 Å². The molecule has 208 valence electrons. The molecule has 0 bridgehead atoms. The first kappa shape index (κ1) is 30.0. The van der Waals surface area contributed by atoms with Gasteiger partial charge in [-0.3, -0.25) is 4.79 Å². The molecule has 0 aliphatic carbocycles. The number of nitrogens with one attached hydrogen (secondary N) is 1. The molecule has 0 saturated carbocycles. The fraction of sp³-hybridized carbons (Fsp3) is 0.333. The van der Waals surface area contributed by atoms with Crippen molar-refractivity contribution in [3.8, 4) is 11.1 Å². The van der Waals surface area contributed by atoms with Crippen LogP contribution in [0, 0.1) is 6.92 Å². The van der Waals surface area contributed by atoms with Crippen molar-refractivity contribution in [2.45, 2.75) is 39.0 Å². The predicted octanol–water partition coefficient (Wildman–Crippen LogP) is 4.57. The van der Waals surface area contributed by atoms with Gasteiger partial charge in [-0.1, -0.05) is 60.7 Å². The van der Waals surface area contributed by atoms with E-state index in [1.54, 1.807) is 12.1 Å². The van der Waals surface area contributed by atoms with E-state index in [0.717, 1.165) is 28.5 Å². The van der Waals surface area contributed by atoms with E-state index in [1.807, 2.05) is 74.5 Å². The molecule has 0 aliphatic rings. The summed E-state index contributed by atoms with van der Waals surface area (Å²) in [5.41, 5.74) is 4.49. The lowest BCUT2D eigenvalue weighted by Crippen LogP contribution is -2.42. The SMILES string of the molecule is CCOC[C@H](OCc1ccc(C(=O)N[C@@H](CCS(C)(=O)=O)C(=O)O)c(-c2ccccc2C)c1)c1ccccc1. The molecule has 3 aromatic carbocycles. The maximum Gasteiger partial charge on any atom is 0.326 e. The quantitative estimate of drug-likeness (QED) is 0.300. The fourth-order valence-electron chi connectivity index (χ4n) is 4.13. The Kier molecular flexibility index (Phi) is 10.8. The molecular weight excluding hydrogens is 518 g/mol. The molecule has 2 N–H and O–H groups in total. The van der Waals surface area contributed by atoms with E-state index in [1.165, 1.54) is 0 Å². The fourth-order valence-corrected chi connectivity index (χ4v) is 4.80. The topological polar surface area (TPSA) is 119 Å². The lowest BCUT2D eigenvalue weighted by Gasteiger charge is -2.20. The molecule has 0 unspecified atom stereocenters. The van der Waals surface area contributed by atoms with E-state index in [-0.39, 0.29) is 30.4 Å². The Morgan fingerprint density at radius 2 is 1.67 bits per heavy atom. The highest BCUT2D eigenvalue weighted by atomic mass is 32.2. The highest BCUT2D eigenvalue weighted by Gasteiger charge is 2.24. The maximum atomic E-state index is 13.3. The molecule has 0 radical (unpaired) electrons. The van der Waals surface area contributed by atoms with Crippen molar-refractivity contribution in [2.24, 2.45) is 0 Å². The summed E-state index contributed by atoms with van der Waals surface area (Å²) in [6.45, 7) is 5.08. The van der Waals surface area contributed by atoms with Crippen LogP contribution >= 0.6 is 0 Å². The van der Waals surface area contributed by atoms with Gasteiger partial charge >= 0.3 is 5.97 Å². The summed E-state index contributed by atoms with van der Waals surface area (Å²) in [4.78, 5) is 25.0. The number of amides is 1. The van der Waals surface area contributed by atoms with Crippen LogP contribution in [0.15, 0.2) is 72.8 Å². The van der Waals surface area contributed by atoms with Crippen LogP contribution in [0.2, 0.25) is 0 Å². The average Bonchev–Trinajstić information content (AvgIpc) is 2.91. The van der Waals surface area contributed by atoms with Crippen LogP contribution in [-0.4, -0.2) is 56.7 Å². The van der Waals surface area contributed by atoms with Crippen LogP contribution in [0.3, 0.4) is 0 Å². The Morgan fingerprint density at radius 3 is 2.31 bits per heavy atom. The standard InChI is InChI=1S/C30H35NO7S/c1-4-37-20-28(23-11-6-5-7-12-23)38-19-22-14-15-25(26(18-22)24-13-9-8-10-21(24)2)29(32)31-27(30(33)34)16-17-39(3,35)36/h5-15,18,27-28H,4,16-17,19-20H2,1-3H3,(H,31,32)(H,33,34)/t27-,28-/m0/s1. The van der Waals surface area contributed by atoms with Gasteiger partial charge in [-0.25, -0.2) is 13.2 Å². The predicted molar refractivity (Wildman–Crippen MR) is 150 cm³/mol. The number of benzene rings is 3. The number of ether oxygens (including phenoxy) is 2. The zero-order valence-corrected chi connectivity index (χ0v) is 23.2. The Bertz CT molecular complexity index is 1370. The number of carboxylic acids is 1. The van der Waals surface area contributed by atoms with Gasteiger partial charge in [0, 0.05) is 18.4 Å². The minimum absolute atomic E-state index is 0.230. The van der Waals surface area contributed by atoms with E-state index in [0.29, 0.717) is 18.8 Å². The van der Waals surface area contributed by atoms with Gasteiger partial charge in [-0.2, -0.15) is 0 Å². The van der Waals surface area contributed by atoms with E-state index >= 15 is 0 Å². The van der Waals surface area contributed by atoms with Gasteiger partial charge in [0.25, 0.3) is 5.91 Å². The monoisotopic (exact) mass is 553 g/mol. The maximum absolute atomic E-state index is 13.3. The number of sulfone groups is 1. The third-order valence-corrected chi connectivity index (χ3v) is 7.22. The molecule has 39 heavy (non-hydrogen) atoms. The Morgan fingerprint density at radius 1 is 0.974 bits per heavy atom. The van der Waals surface area contributed by atoms with Crippen molar-refractivity contribution in [3.05, 3.63) is 95.1 Å². The number of aryl methyl sites for hydroxylation is 1. The molecule has 0 heterocycles. The van der Waals surface area contributed by atoms with Gasteiger partial charge < -0.3 is 19.9 Å². The number of aliphatic carboxylic acids is 1. The molecule has 2 atom stereocenters. The molecule has 0 saturated heterocycles. The lowest BCUT2D eigenvalue weighted by molar-refractivity contribution is -0.139. The Hall–Kier alpha value is -3.53. The molecule has 0 aliphatic heterocycles. The van der Waals surface area contributed by atoms with E-state index in [4.69, 9.17) is 9.47 Å². The number of carbonyl (C=O) groups is 2. The summed E-state index contributed by atoms with van der Waals surface area (Å²) >= 11 is 0. The first-order chi connectivity index (χ1) is 18.6.